The van der Waals surface area contributed by atoms with Crippen LogP contribution in [0.2, 0.25) is 0 Å². The number of ether oxygens (including phenoxy) is 1. The monoisotopic (exact) mass is 481 g/mol. The SMILES string of the molecule is COc1ccc(C(C)(C)C)cc1-c1ccc(-c2ccccc2CN2CCSCC2)c2ccccc12. The van der Waals surface area contributed by atoms with Gasteiger partial charge in [-0.05, 0) is 56.1 Å². The average Bonchev–Trinajstić information content (AvgIpc) is 2.88. The van der Waals surface area contributed by atoms with Crippen molar-refractivity contribution >= 4 is 22.5 Å². The van der Waals surface area contributed by atoms with E-state index in [-0.39, 0.29) is 5.41 Å². The normalized spacial score (nSPS) is 14.9. The average molecular weight is 482 g/mol. The van der Waals surface area contributed by atoms with Crippen LogP contribution < -0.4 is 4.74 Å². The Morgan fingerprint density at radius 1 is 0.743 bits per heavy atom. The molecule has 0 bridgehead atoms. The summed E-state index contributed by atoms with van der Waals surface area (Å²) in [5.41, 5.74) is 7.81. The molecule has 3 heteroatoms. The van der Waals surface area contributed by atoms with Crippen LogP contribution in [0.15, 0.2) is 78.9 Å². The largest absolute Gasteiger partial charge is 0.496 e. The summed E-state index contributed by atoms with van der Waals surface area (Å²) in [7, 11) is 1.77. The van der Waals surface area contributed by atoms with Crippen molar-refractivity contribution in [2.45, 2.75) is 32.7 Å². The first-order valence-electron chi connectivity index (χ1n) is 12.5. The fourth-order valence-electron chi connectivity index (χ4n) is 5.07. The van der Waals surface area contributed by atoms with Gasteiger partial charge in [0.25, 0.3) is 0 Å². The van der Waals surface area contributed by atoms with Crippen molar-refractivity contribution in [1.82, 2.24) is 4.90 Å². The highest BCUT2D eigenvalue weighted by Gasteiger charge is 2.19. The van der Waals surface area contributed by atoms with Crippen LogP contribution in [-0.4, -0.2) is 36.6 Å². The Labute approximate surface area is 214 Å². The van der Waals surface area contributed by atoms with Crippen LogP contribution in [0, 0.1) is 0 Å². The number of fused-ring (bicyclic) bond motifs is 1. The first kappa shape index (κ1) is 24.0. The lowest BCUT2D eigenvalue weighted by Gasteiger charge is -2.27. The first-order chi connectivity index (χ1) is 17.0. The lowest BCUT2D eigenvalue weighted by molar-refractivity contribution is 0.295. The van der Waals surface area contributed by atoms with Crippen LogP contribution in [0.1, 0.15) is 31.9 Å². The lowest BCUT2D eigenvalue weighted by atomic mass is 9.84. The number of methoxy groups -OCH3 is 1. The van der Waals surface area contributed by atoms with E-state index in [0.29, 0.717) is 0 Å². The van der Waals surface area contributed by atoms with E-state index >= 15 is 0 Å². The predicted octanol–water partition coefficient (Wildman–Crippen LogP) is 8.03. The molecule has 180 valence electrons. The van der Waals surface area contributed by atoms with E-state index in [1.165, 1.54) is 63.2 Å². The highest BCUT2D eigenvalue weighted by Crippen LogP contribution is 2.41. The fourth-order valence-corrected chi connectivity index (χ4v) is 6.05. The van der Waals surface area contributed by atoms with Gasteiger partial charge < -0.3 is 4.74 Å². The zero-order valence-corrected chi connectivity index (χ0v) is 22.1. The van der Waals surface area contributed by atoms with Gasteiger partial charge in [0.15, 0.2) is 0 Å². The Morgan fingerprint density at radius 3 is 2.03 bits per heavy atom. The molecule has 1 aliphatic rings. The van der Waals surface area contributed by atoms with E-state index in [2.05, 4.69) is 116 Å². The zero-order chi connectivity index (χ0) is 24.4. The molecule has 0 aromatic heterocycles. The molecule has 0 amide bonds. The summed E-state index contributed by atoms with van der Waals surface area (Å²) in [5.74, 6) is 3.38. The molecule has 5 rings (SSSR count). The van der Waals surface area contributed by atoms with Crippen LogP contribution in [0.5, 0.6) is 5.75 Å². The van der Waals surface area contributed by atoms with Crippen molar-refractivity contribution in [3.05, 3.63) is 90.0 Å². The maximum Gasteiger partial charge on any atom is 0.126 e. The molecule has 0 unspecified atom stereocenters. The molecule has 0 spiro atoms. The molecule has 1 aliphatic heterocycles. The third-order valence-corrected chi connectivity index (χ3v) is 8.03. The third kappa shape index (κ3) is 4.98. The van der Waals surface area contributed by atoms with Gasteiger partial charge in [0.05, 0.1) is 7.11 Å². The van der Waals surface area contributed by atoms with Gasteiger partial charge in [0.1, 0.15) is 5.75 Å². The number of hydrogen-bond acceptors (Lipinski definition) is 3. The highest BCUT2D eigenvalue weighted by molar-refractivity contribution is 7.99. The Balaban J connectivity index is 1.65. The molecule has 1 saturated heterocycles. The lowest BCUT2D eigenvalue weighted by Crippen LogP contribution is -2.32. The Kier molecular flexibility index (Phi) is 6.91. The minimum Gasteiger partial charge on any atom is -0.496 e. The summed E-state index contributed by atoms with van der Waals surface area (Å²) in [6.07, 6.45) is 0. The minimum atomic E-state index is 0.0721. The molecule has 1 fully saturated rings. The van der Waals surface area contributed by atoms with Gasteiger partial charge in [-0.25, -0.2) is 0 Å². The summed E-state index contributed by atoms with van der Waals surface area (Å²) in [5, 5.41) is 2.55. The predicted molar refractivity (Wildman–Crippen MR) is 153 cm³/mol. The van der Waals surface area contributed by atoms with E-state index in [1.54, 1.807) is 7.11 Å². The maximum atomic E-state index is 5.83. The molecule has 0 atom stereocenters. The molecule has 0 N–H and O–H groups in total. The van der Waals surface area contributed by atoms with E-state index < -0.39 is 0 Å². The van der Waals surface area contributed by atoms with Crippen molar-refractivity contribution in [2.75, 3.05) is 31.7 Å². The Morgan fingerprint density at radius 2 is 1.37 bits per heavy atom. The van der Waals surface area contributed by atoms with Gasteiger partial charge in [0, 0.05) is 36.7 Å². The molecule has 0 radical (unpaired) electrons. The van der Waals surface area contributed by atoms with Gasteiger partial charge >= 0.3 is 0 Å². The van der Waals surface area contributed by atoms with Crippen molar-refractivity contribution in [3.63, 3.8) is 0 Å². The molecule has 4 aromatic rings. The summed E-state index contributed by atoms with van der Waals surface area (Å²) < 4.78 is 5.83. The van der Waals surface area contributed by atoms with Crippen LogP contribution in [0.25, 0.3) is 33.0 Å². The van der Waals surface area contributed by atoms with E-state index in [4.69, 9.17) is 4.74 Å². The smallest absolute Gasteiger partial charge is 0.126 e. The number of hydrogen-bond donors (Lipinski definition) is 0. The number of rotatable bonds is 5. The minimum absolute atomic E-state index is 0.0721. The quantitative estimate of drug-likeness (QED) is 0.286. The van der Waals surface area contributed by atoms with Gasteiger partial charge in [-0.15, -0.1) is 0 Å². The molecule has 2 nitrogen and oxygen atoms in total. The van der Waals surface area contributed by atoms with Crippen molar-refractivity contribution in [1.29, 1.82) is 0 Å². The second kappa shape index (κ2) is 10.1. The number of nitrogens with zero attached hydrogens (tertiary/aromatic N) is 1. The zero-order valence-electron chi connectivity index (χ0n) is 21.3. The van der Waals surface area contributed by atoms with Crippen LogP contribution in [0.4, 0.5) is 0 Å². The number of benzene rings is 4. The summed E-state index contributed by atoms with van der Waals surface area (Å²) >= 11 is 2.06. The Bertz CT molecular complexity index is 1330. The molecule has 0 saturated carbocycles. The number of thioether (sulfide) groups is 1. The molecule has 35 heavy (non-hydrogen) atoms. The molecular formula is C32H35NOS. The Hall–Kier alpha value is -2.75. The first-order valence-corrected chi connectivity index (χ1v) is 13.7. The van der Waals surface area contributed by atoms with Gasteiger partial charge in [-0.3, -0.25) is 4.90 Å². The van der Waals surface area contributed by atoms with Crippen molar-refractivity contribution < 1.29 is 4.74 Å². The van der Waals surface area contributed by atoms with Crippen LogP contribution in [-0.2, 0) is 12.0 Å². The van der Waals surface area contributed by atoms with Crippen LogP contribution in [0.3, 0.4) is 0 Å². The maximum absolute atomic E-state index is 5.83. The second-order valence-electron chi connectivity index (χ2n) is 10.4. The van der Waals surface area contributed by atoms with E-state index in [9.17, 15) is 0 Å². The van der Waals surface area contributed by atoms with E-state index in [0.717, 1.165) is 17.9 Å². The van der Waals surface area contributed by atoms with Gasteiger partial charge in [0.2, 0.25) is 0 Å². The molecule has 1 heterocycles. The van der Waals surface area contributed by atoms with Crippen molar-refractivity contribution in [3.8, 4) is 28.0 Å². The molecule has 4 aromatic carbocycles. The topological polar surface area (TPSA) is 12.5 Å². The summed E-state index contributed by atoms with van der Waals surface area (Å²) in [4.78, 5) is 2.59. The standard InChI is InChI=1S/C32H35NOS/c1-32(2,3)24-13-16-31(34-4)30(21-24)29-15-14-28(26-11-7-8-12-27(26)29)25-10-6-5-9-23(25)22-33-17-19-35-20-18-33/h5-16,21H,17-20,22H2,1-4H3. The van der Waals surface area contributed by atoms with Gasteiger partial charge in [-0.1, -0.05) is 87.5 Å². The third-order valence-electron chi connectivity index (χ3n) is 7.08. The van der Waals surface area contributed by atoms with Crippen molar-refractivity contribution in [2.24, 2.45) is 0 Å². The highest BCUT2D eigenvalue weighted by atomic mass is 32.2. The van der Waals surface area contributed by atoms with Crippen LogP contribution >= 0.6 is 11.8 Å². The molecule has 0 aliphatic carbocycles. The summed E-state index contributed by atoms with van der Waals surface area (Å²) in [6, 6.07) is 29.0. The second-order valence-corrected chi connectivity index (χ2v) is 11.6. The fraction of sp³-hybridized carbons (Fsp3) is 0.312. The van der Waals surface area contributed by atoms with E-state index in [1.807, 2.05) is 0 Å². The summed E-state index contributed by atoms with van der Waals surface area (Å²) in [6.45, 7) is 10.1. The van der Waals surface area contributed by atoms with Gasteiger partial charge in [-0.2, -0.15) is 11.8 Å². The molecular weight excluding hydrogens is 446 g/mol.